The molecule has 0 amide bonds. The van der Waals surface area contributed by atoms with Crippen molar-refractivity contribution in [2.24, 2.45) is 13.0 Å². The average Bonchev–Trinajstić information content (AvgIpc) is 2.96. The van der Waals surface area contributed by atoms with Gasteiger partial charge in [-0.1, -0.05) is 6.42 Å². The highest BCUT2D eigenvalue weighted by molar-refractivity contribution is 7.89. The van der Waals surface area contributed by atoms with Gasteiger partial charge in [0.05, 0.1) is 11.4 Å². The van der Waals surface area contributed by atoms with Gasteiger partial charge >= 0.3 is 0 Å². The van der Waals surface area contributed by atoms with Gasteiger partial charge in [0, 0.05) is 32.0 Å². The highest BCUT2D eigenvalue weighted by Gasteiger charge is 2.46. The number of rotatable bonds is 2. The third-order valence-electron chi connectivity index (χ3n) is 4.85. The number of hydrogen-bond donors (Lipinski definition) is 0. The van der Waals surface area contributed by atoms with Crippen molar-refractivity contribution >= 4 is 15.8 Å². The highest BCUT2D eigenvalue weighted by atomic mass is 32.2. The van der Waals surface area contributed by atoms with Crippen molar-refractivity contribution in [3.63, 3.8) is 0 Å². The lowest BCUT2D eigenvalue weighted by atomic mass is 9.92. The fourth-order valence-corrected chi connectivity index (χ4v) is 5.87. The maximum atomic E-state index is 13.1. The zero-order valence-corrected chi connectivity index (χ0v) is 13.5. The van der Waals surface area contributed by atoms with Crippen molar-refractivity contribution in [1.82, 2.24) is 14.1 Å². The molecule has 1 aromatic heterocycles. The van der Waals surface area contributed by atoms with E-state index in [1.54, 1.807) is 29.9 Å². The van der Waals surface area contributed by atoms with Crippen LogP contribution in [-0.2, 0) is 21.9 Å². The fourth-order valence-electron chi connectivity index (χ4n) is 3.78. The van der Waals surface area contributed by atoms with Crippen LogP contribution in [0.3, 0.4) is 0 Å². The van der Waals surface area contributed by atoms with Gasteiger partial charge in [-0.15, -0.1) is 0 Å². The predicted octanol–water partition coefficient (Wildman–Crippen LogP) is 1.17. The summed E-state index contributed by atoms with van der Waals surface area (Å²) in [6.07, 6.45) is 2.87. The van der Waals surface area contributed by atoms with Gasteiger partial charge in [0.1, 0.15) is 10.7 Å². The van der Waals surface area contributed by atoms with E-state index in [1.807, 2.05) is 0 Å². The molecule has 0 aromatic carbocycles. The standard InChI is InChI=1S/C14H21N3O3S/c1-9-14(10(2)16(3)15-9)21(19,20)17-8-7-13(18)11-5-4-6-12(11)17/h11-12H,4-8H2,1-3H3/t11-,12-/m0/s1. The minimum absolute atomic E-state index is 0.106. The van der Waals surface area contributed by atoms with E-state index in [0.717, 1.165) is 19.3 Å². The summed E-state index contributed by atoms with van der Waals surface area (Å²) in [7, 11) is -1.83. The molecule has 0 bridgehead atoms. The molecule has 2 atom stereocenters. The molecule has 3 rings (SSSR count). The molecule has 0 radical (unpaired) electrons. The Kier molecular flexibility index (Phi) is 3.44. The van der Waals surface area contributed by atoms with Gasteiger partial charge < -0.3 is 0 Å². The van der Waals surface area contributed by atoms with Crippen molar-refractivity contribution in [1.29, 1.82) is 0 Å². The third kappa shape index (κ3) is 2.14. The molecule has 116 valence electrons. The number of carbonyl (C=O) groups is 1. The monoisotopic (exact) mass is 311 g/mol. The molecule has 6 nitrogen and oxygen atoms in total. The summed E-state index contributed by atoms with van der Waals surface area (Å²) < 4.78 is 29.3. The summed E-state index contributed by atoms with van der Waals surface area (Å²) in [6, 6.07) is -0.157. The smallest absolute Gasteiger partial charge is 0.247 e. The number of fused-ring (bicyclic) bond motifs is 1. The van der Waals surface area contributed by atoms with E-state index in [-0.39, 0.29) is 17.7 Å². The van der Waals surface area contributed by atoms with E-state index in [1.165, 1.54) is 0 Å². The third-order valence-corrected chi connectivity index (χ3v) is 7.03. The van der Waals surface area contributed by atoms with E-state index >= 15 is 0 Å². The van der Waals surface area contributed by atoms with Crippen molar-refractivity contribution < 1.29 is 13.2 Å². The Balaban J connectivity index is 2.04. The summed E-state index contributed by atoms with van der Waals surface area (Å²) >= 11 is 0. The molecule has 2 fully saturated rings. The molecule has 0 unspecified atom stereocenters. The van der Waals surface area contributed by atoms with Crippen molar-refractivity contribution in [2.75, 3.05) is 6.54 Å². The Labute approximate surface area is 125 Å². The second kappa shape index (κ2) is 4.91. The number of carbonyl (C=O) groups excluding carboxylic acids is 1. The first-order chi connectivity index (χ1) is 9.84. The molecular weight excluding hydrogens is 290 g/mol. The molecule has 1 aliphatic carbocycles. The minimum atomic E-state index is -3.58. The van der Waals surface area contributed by atoms with Crippen LogP contribution in [0.4, 0.5) is 0 Å². The zero-order valence-electron chi connectivity index (χ0n) is 12.7. The van der Waals surface area contributed by atoms with Gasteiger partial charge in [-0.05, 0) is 26.7 Å². The zero-order chi connectivity index (χ0) is 15.4. The maximum absolute atomic E-state index is 13.1. The number of hydrogen-bond acceptors (Lipinski definition) is 4. The van der Waals surface area contributed by atoms with Crippen molar-refractivity contribution in [3.05, 3.63) is 11.4 Å². The number of sulfonamides is 1. The number of piperidine rings is 1. The number of Topliss-reactive ketones (excluding diaryl/α,β-unsaturated/α-hetero) is 1. The van der Waals surface area contributed by atoms with E-state index < -0.39 is 10.0 Å². The molecule has 0 spiro atoms. The largest absolute Gasteiger partial charge is 0.299 e. The van der Waals surface area contributed by atoms with Gasteiger partial charge in [-0.2, -0.15) is 9.40 Å². The number of ketones is 1. The van der Waals surface area contributed by atoms with E-state index in [0.29, 0.717) is 29.2 Å². The summed E-state index contributed by atoms with van der Waals surface area (Å²) in [5.74, 6) is 0.120. The van der Waals surface area contributed by atoms with Crippen LogP contribution in [0.25, 0.3) is 0 Å². The first-order valence-electron chi connectivity index (χ1n) is 7.39. The second-order valence-corrected chi connectivity index (χ2v) is 7.89. The van der Waals surface area contributed by atoms with Gasteiger partial charge in [-0.25, -0.2) is 8.42 Å². The Hall–Kier alpha value is -1.21. The van der Waals surface area contributed by atoms with Crippen LogP contribution in [0, 0.1) is 19.8 Å². The molecule has 0 N–H and O–H groups in total. The van der Waals surface area contributed by atoms with E-state index in [9.17, 15) is 13.2 Å². The normalized spacial score (nSPS) is 27.1. The van der Waals surface area contributed by atoms with Crippen molar-refractivity contribution in [2.45, 2.75) is 50.5 Å². The topological polar surface area (TPSA) is 72.3 Å². The molecule has 7 heteroatoms. The Morgan fingerprint density at radius 2 is 1.95 bits per heavy atom. The first kappa shape index (κ1) is 14.7. The molecule has 2 aliphatic rings. The lowest BCUT2D eigenvalue weighted by Gasteiger charge is -2.35. The summed E-state index contributed by atoms with van der Waals surface area (Å²) in [5, 5.41) is 4.22. The predicted molar refractivity (Wildman–Crippen MR) is 77.3 cm³/mol. The molecule has 1 aliphatic heterocycles. The van der Waals surface area contributed by atoms with Crippen LogP contribution >= 0.6 is 0 Å². The van der Waals surface area contributed by atoms with E-state index in [4.69, 9.17) is 0 Å². The van der Waals surface area contributed by atoms with E-state index in [2.05, 4.69) is 5.10 Å². The Bertz CT molecular complexity index is 693. The molecule has 1 saturated carbocycles. The van der Waals surface area contributed by atoms with Crippen molar-refractivity contribution in [3.8, 4) is 0 Å². The van der Waals surface area contributed by atoms with Gasteiger partial charge in [0.25, 0.3) is 0 Å². The van der Waals surface area contributed by atoms with Crippen LogP contribution < -0.4 is 0 Å². The Morgan fingerprint density at radius 3 is 2.57 bits per heavy atom. The molecular formula is C14H21N3O3S. The quantitative estimate of drug-likeness (QED) is 0.822. The van der Waals surface area contributed by atoms with Crippen LogP contribution in [0.2, 0.25) is 0 Å². The average molecular weight is 311 g/mol. The number of aromatic nitrogens is 2. The summed E-state index contributed by atoms with van der Waals surface area (Å²) in [6.45, 7) is 3.80. The highest BCUT2D eigenvalue weighted by Crippen LogP contribution is 2.38. The Morgan fingerprint density at radius 1 is 1.24 bits per heavy atom. The fraction of sp³-hybridized carbons (Fsp3) is 0.714. The summed E-state index contributed by atoms with van der Waals surface area (Å²) in [4.78, 5) is 12.3. The number of nitrogens with zero attached hydrogens (tertiary/aromatic N) is 3. The van der Waals surface area contributed by atoms with Gasteiger partial charge in [0.2, 0.25) is 10.0 Å². The number of aryl methyl sites for hydroxylation is 2. The second-order valence-electron chi connectivity index (χ2n) is 6.06. The first-order valence-corrected chi connectivity index (χ1v) is 8.83. The van der Waals surface area contributed by atoms with Crippen LogP contribution in [0.15, 0.2) is 4.90 Å². The molecule has 21 heavy (non-hydrogen) atoms. The molecule has 1 saturated heterocycles. The SMILES string of the molecule is Cc1nn(C)c(C)c1S(=O)(=O)N1CCC(=O)[C@H]2CCC[C@@H]21. The van der Waals surface area contributed by atoms with Gasteiger partial charge in [0.15, 0.2) is 0 Å². The van der Waals surface area contributed by atoms with Crippen LogP contribution in [-0.4, -0.2) is 40.9 Å². The molecule has 1 aromatic rings. The van der Waals surface area contributed by atoms with Crippen LogP contribution in [0.1, 0.15) is 37.1 Å². The lowest BCUT2D eigenvalue weighted by Crippen LogP contribution is -2.49. The summed E-state index contributed by atoms with van der Waals surface area (Å²) in [5.41, 5.74) is 1.18. The van der Waals surface area contributed by atoms with Gasteiger partial charge in [-0.3, -0.25) is 9.48 Å². The minimum Gasteiger partial charge on any atom is -0.299 e. The van der Waals surface area contributed by atoms with Crippen LogP contribution in [0.5, 0.6) is 0 Å². The maximum Gasteiger partial charge on any atom is 0.247 e. The molecule has 2 heterocycles. The lowest BCUT2D eigenvalue weighted by molar-refractivity contribution is -0.126.